The number of thiazole rings is 1. The minimum absolute atomic E-state index is 0.0370. The van der Waals surface area contributed by atoms with Crippen LogP contribution in [0.5, 0.6) is 0 Å². The van der Waals surface area contributed by atoms with Crippen LogP contribution in [0.1, 0.15) is 18.7 Å². The third kappa shape index (κ3) is 3.03. The third-order valence-corrected chi connectivity index (χ3v) is 8.78. The Morgan fingerprint density at radius 2 is 1.84 bits per heavy atom. The van der Waals surface area contributed by atoms with Gasteiger partial charge in [0, 0.05) is 30.2 Å². The van der Waals surface area contributed by atoms with Gasteiger partial charge in [-0.15, -0.1) is 11.3 Å². The highest BCUT2D eigenvalue weighted by Gasteiger charge is 2.60. The van der Waals surface area contributed by atoms with Crippen molar-refractivity contribution in [2.75, 3.05) is 12.5 Å². The number of hydrogen-bond acceptors (Lipinski definition) is 9. The van der Waals surface area contributed by atoms with Crippen LogP contribution in [0.15, 0.2) is 22.1 Å². The van der Waals surface area contributed by atoms with Gasteiger partial charge >= 0.3 is 5.97 Å². The van der Waals surface area contributed by atoms with Gasteiger partial charge < -0.3 is 15.1 Å². The molecule has 1 fully saturated rings. The Kier molecular flexibility index (Phi) is 4.67. The number of rotatable bonds is 5. The molecule has 0 aromatic carbocycles. The zero-order valence-electron chi connectivity index (χ0n) is 16.8. The molecule has 31 heavy (non-hydrogen) atoms. The second-order valence-corrected chi connectivity index (χ2v) is 12.7. The molecule has 11 nitrogen and oxygen atoms in total. The second-order valence-electron chi connectivity index (χ2n) is 7.84. The van der Waals surface area contributed by atoms with Crippen LogP contribution in [0.25, 0.3) is 10.4 Å². The Balaban J connectivity index is 1.98. The van der Waals surface area contributed by atoms with Gasteiger partial charge in [0.2, 0.25) is 20.9 Å². The van der Waals surface area contributed by atoms with Crippen LogP contribution in [0.3, 0.4) is 0 Å². The molecule has 2 aromatic rings. The van der Waals surface area contributed by atoms with Gasteiger partial charge in [0.25, 0.3) is 0 Å². The van der Waals surface area contributed by atoms with Crippen LogP contribution in [0, 0.1) is 11.8 Å². The summed E-state index contributed by atoms with van der Waals surface area (Å²) in [5.41, 5.74) is 0.0280. The number of imidazole rings is 1. The van der Waals surface area contributed by atoms with Crippen molar-refractivity contribution in [1.29, 1.82) is 0 Å². The second kappa shape index (κ2) is 6.60. The molecule has 1 saturated heterocycles. The highest BCUT2D eigenvalue weighted by atomic mass is 32.2. The summed E-state index contributed by atoms with van der Waals surface area (Å²) in [6.45, 7) is 3.18. The predicted molar refractivity (Wildman–Crippen MR) is 109 cm³/mol. The van der Waals surface area contributed by atoms with E-state index < -0.39 is 65.7 Å². The van der Waals surface area contributed by atoms with Crippen LogP contribution < -0.4 is 0 Å². The van der Waals surface area contributed by atoms with Crippen molar-refractivity contribution in [3.8, 4) is 0 Å². The molecule has 0 spiro atoms. The number of carbonyl (C=O) groups is 2. The summed E-state index contributed by atoms with van der Waals surface area (Å²) in [6.07, 6.45) is 2.16. The molecular formula is C17H19N3O8S3. The number of sulfone groups is 2. The third-order valence-electron chi connectivity index (χ3n) is 5.58. The average Bonchev–Trinajstić information content (AvgIpc) is 3.21. The lowest BCUT2D eigenvalue weighted by atomic mass is 9.77. The molecule has 4 rings (SSSR count). The first-order chi connectivity index (χ1) is 14.2. The van der Waals surface area contributed by atoms with Crippen molar-refractivity contribution in [2.24, 2.45) is 11.8 Å². The molecule has 1 amide bonds. The molecule has 2 aromatic heterocycles. The number of carboxylic acids is 1. The number of amides is 1. The van der Waals surface area contributed by atoms with Gasteiger partial charge in [-0.3, -0.25) is 9.20 Å². The van der Waals surface area contributed by atoms with E-state index in [2.05, 4.69) is 4.98 Å². The predicted octanol–water partition coefficient (Wildman–Crippen LogP) is -0.144. The molecule has 2 N–H and O–H groups in total. The van der Waals surface area contributed by atoms with Gasteiger partial charge in [0.15, 0.2) is 14.9 Å². The molecule has 14 heteroatoms. The number of hydrogen-bond donors (Lipinski definition) is 2. The van der Waals surface area contributed by atoms with Crippen molar-refractivity contribution in [2.45, 2.75) is 36.2 Å². The van der Waals surface area contributed by atoms with Gasteiger partial charge in [-0.05, 0) is 6.92 Å². The molecule has 2 aliphatic heterocycles. The first kappa shape index (κ1) is 21.9. The Labute approximate surface area is 181 Å². The van der Waals surface area contributed by atoms with Gasteiger partial charge in [-0.25, -0.2) is 26.6 Å². The van der Waals surface area contributed by atoms with Gasteiger partial charge in [0.05, 0.1) is 22.9 Å². The SMILES string of the molecule is C[C@@H](O)[C@H]1C(=O)N2C(C(=O)O)=C(c3cn4c(S(C)(=O)=O)nc(S(C)(=O)=O)c4s3)[C@H](C)[C@H]12. The normalized spacial score (nSPS) is 25.1. The van der Waals surface area contributed by atoms with E-state index >= 15 is 0 Å². The lowest BCUT2D eigenvalue weighted by Gasteiger charge is -2.46. The number of nitrogens with zero attached hydrogens (tertiary/aromatic N) is 3. The van der Waals surface area contributed by atoms with Crippen LogP contribution >= 0.6 is 11.3 Å². The minimum Gasteiger partial charge on any atom is -0.477 e. The fourth-order valence-corrected chi connectivity index (χ4v) is 7.60. The van der Waals surface area contributed by atoms with Crippen LogP contribution in [0.4, 0.5) is 0 Å². The molecule has 4 atom stereocenters. The van der Waals surface area contributed by atoms with Crippen LogP contribution in [-0.4, -0.2) is 77.9 Å². The molecule has 168 valence electrons. The van der Waals surface area contributed by atoms with E-state index in [9.17, 15) is 36.6 Å². The molecule has 0 radical (unpaired) electrons. The van der Waals surface area contributed by atoms with E-state index in [-0.39, 0.29) is 16.1 Å². The smallest absolute Gasteiger partial charge is 0.352 e. The Bertz CT molecular complexity index is 1330. The van der Waals surface area contributed by atoms with Crippen molar-refractivity contribution in [3.05, 3.63) is 16.8 Å². The number of β-lactam (4-membered cyclic amide) rings is 1. The topological polar surface area (TPSA) is 163 Å². The van der Waals surface area contributed by atoms with Crippen molar-refractivity contribution in [3.63, 3.8) is 0 Å². The summed E-state index contributed by atoms with van der Waals surface area (Å²) >= 11 is 0.888. The maximum atomic E-state index is 12.5. The van der Waals surface area contributed by atoms with Gasteiger partial charge in [-0.2, -0.15) is 0 Å². The lowest BCUT2D eigenvalue weighted by molar-refractivity contribution is -0.163. The maximum absolute atomic E-state index is 12.5. The zero-order chi connectivity index (χ0) is 23.2. The molecule has 2 aliphatic rings. The average molecular weight is 490 g/mol. The molecule has 0 saturated carbocycles. The molecule has 0 unspecified atom stereocenters. The molecular weight excluding hydrogens is 470 g/mol. The van der Waals surface area contributed by atoms with E-state index in [1.807, 2.05) is 0 Å². The van der Waals surface area contributed by atoms with E-state index in [1.54, 1.807) is 6.92 Å². The number of aliphatic hydroxyl groups is 1. The standard InChI is InChI=1S/C17H19N3O8S3/c1-6-9(12(16(23)24)20-11(6)10(7(2)21)14(20)22)8-5-19-15(29-8)13(30(3,25)26)18-17(19)31(4,27)28/h5-7,10-11,21H,1-4H3,(H,23,24)/t6-,7+,10+,11+/m0/s1. The van der Waals surface area contributed by atoms with Crippen molar-refractivity contribution in [1.82, 2.24) is 14.3 Å². The first-order valence-electron chi connectivity index (χ1n) is 9.07. The van der Waals surface area contributed by atoms with Crippen molar-refractivity contribution >= 4 is 53.3 Å². The number of carboxylic acid groups (broad SMARTS) is 1. The summed E-state index contributed by atoms with van der Waals surface area (Å²) in [7, 11) is -7.77. The largest absolute Gasteiger partial charge is 0.477 e. The number of carbonyl (C=O) groups excluding carboxylic acids is 1. The highest BCUT2D eigenvalue weighted by Crippen LogP contribution is 2.51. The number of aliphatic carboxylic acids is 1. The molecule has 4 heterocycles. The zero-order valence-corrected chi connectivity index (χ0v) is 19.2. The summed E-state index contributed by atoms with van der Waals surface area (Å²) in [5.74, 6) is -3.09. The van der Waals surface area contributed by atoms with Crippen molar-refractivity contribution < 1.29 is 36.6 Å². The Morgan fingerprint density at radius 3 is 2.32 bits per heavy atom. The van der Waals surface area contributed by atoms with Crippen LogP contribution in [-0.2, 0) is 29.3 Å². The number of aromatic nitrogens is 2. The number of fused-ring (bicyclic) bond motifs is 2. The monoisotopic (exact) mass is 489 g/mol. The van der Waals surface area contributed by atoms with Gasteiger partial charge in [-0.1, -0.05) is 6.92 Å². The van der Waals surface area contributed by atoms with Gasteiger partial charge in [0.1, 0.15) is 10.5 Å². The molecule has 0 bridgehead atoms. The van der Waals surface area contributed by atoms with E-state index in [1.165, 1.54) is 13.1 Å². The fraction of sp³-hybridized carbons (Fsp3) is 0.471. The summed E-state index contributed by atoms with van der Waals surface area (Å²) in [5, 5.41) is 18.9. The fourth-order valence-electron chi connectivity index (χ4n) is 4.35. The van der Waals surface area contributed by atoms with E-state index in [0.29, 0.717) is 4.88 Å². The maximum Gasteiger partial charge on any atom is 0.352 e. The molecule has 0 aliphatic carbocycles. The quantitative estimate of drug-likeness (QED) is 0.544. The van der Waals surface area contributed by atoms with Crippen LogP contribution in [0.2, 0.25) is 0 Å². The Hall–Kier alpha value is -2.29. The first-order valence-corrected chi connectivity index (χ1v) is 13.7. The summed E-state index contributed by atoms with van der Waals surface area (Å²) in [6, 6.07) is -0.558. The summed E-state index contributed by atoms with van der Waals surface area (Å²) in [4.78, 5) is 29.8. The minimum atomic E-state index is -3.90. The summed E-state index contributed by atoms with van der Waals surface area (Å²) < 4.78 is 49.8. The highest BCUT2D eigenvalue weighted by molar-refractivity contribution is 7.91. The number of aliphatic hydroxyl groups excluding tert-OH is 1. The Morgan fingerprint density at radius 1 is 1.23 bits per heavy atom. The van der Waals surface area contributed by atoms with E-state index in [4.69, 9.17) is 0 Å². The lowest BCUT2D eigenvalue weighted by Crippen LogP contribution is -2.63. The van der Waals surface area contributed by atoms with E-state index in [0.717, 1.165) is 33.1 Å².